The predicted molar refractivity (Wildman–Crippen MR) is 59.8 cm³/mol. The van der Waals surface area contributed by atoms with Crippen LogP contribution in [-0.4, -0.2) is 38.0 Å². The van der Waals surface area contributed by atoms with Gasteiger partial charge in [0, 0.05) is 12.6 Å². The lowest BCUT2D eigenvalue weighted by atomic mass is 9.99. The van der Waals surface area contributed by atoms with Gasteiger partial charge in [0.25, 0.3) is 0 Å². The van der Waals surface area contributed by atoms with Crippen molar-refractivity contribution in [2.45, 2.75) is 23.8 Å². The highest BCUT2D eigenvalue weighted by atomic mass is 32.2. The van der Waals surface area contributed by atoms with Crippen LogP contribution in [0.5, 0.6) is 5.88 Å². The molecule has 0 aliphatic carbocycles. The van der Waals surface area contributed by atoms with E-state index in [4.69, 9.17) is 9.47 Å². The van der Waals surface area contributed by atoms with E-state index in [1.807, 2.05) is 6.92 Å². The fraction of sp³-hybridized carbons (Fsp3) is 0.545. The highest BCUT2D eigenvalue weighted by Crippen LogP contribution is 2.36. The molecule has 0 N–H and O–H groups in total. The van der Waals surface area contributed by atoms with Gasteiger partial charge < -0.3 is 9.47 Å². The quantitative estimate of drug-likeness (QED) is 0.683. The Hall–Kier alpha value is -1.14. The third-order valence-corrected chi connectivity index (χ3v) is 4.86. The second-order valence-corrected chi connectivity index (χ2v) is 6.74. The molecule has 1 fully saturated rings. The molecule has 2 aliphatic heterocycles. The van der Waals surface area contributed by atoms with Gasteiger partial charge in [-0.3, -0.25) is 0 Å². The lowest BCUT2D eigenvalue weighted by Gasteiger charge is -2.39. The molecule has 0 aromatic carbocycles. The van der Waals surface area contributed by atoms with Crippen molar-refractivity contribution in [3.05, 3.63) is 17.8 Å². The first kappa shape index (κ1) is 11.0. The zero-order valence-corrected chi connectivity index (χ0v) is 10.3. The van der Waals surface area contributed by atoms with E-state index < -0.39 is 15.4 Å². The SMILES string of the molecule is Cc1cnc2c(c1)S(=O)(=O)CCC1(COC1)O2. The normalized spacial score (nSPS) is 24.3. The molecule has 0 radical (unpaired) electrons. The molecule has 1 spiro atoms. The van der Waals surface area contributed by atoms with Crippen LogP contribution in [0.25, 0.3) is 0 Å². The standard InChI is InChI=1S/C11H13NO4S/c1-8-4-9-10(12-5-8)16-11(6-15-7-11)2-3-17(9,13)14/h4-5H,2-3,6-7H2,1H3. The minimum atomic E-state index is -3.29. The smallest absolute Gasteiger partial charge is 0.233 e. The molecule has 0 bridgehead atoms. The fourth-order valence-electron chi connectivity index (χ4n) is 2.05. The van der Waals surface area contributed by atoms with Crippen molar-refractivity contribution in [3.8, 4) is 5.88 Å². The molecule has 0 atom stereocenters. The van der Waals surface area contributed by atoms with E-state index >= 15 is 0 Å². The minimum Gasteiger partial charge on any atom is -0.465 e. The van der Waals surface area contributed by atoms with Crippen molar-refractivity contribution >= 4 is 9.84 Å². The van der Waals surface area contributed by atoms with Crippen LogP contribution in [0.2, 0.25) is 0 Å². The molecule has 3 heterocycles. The van der Waals surface area contributed by atoms with E-state index in [1.54, 1.807) is 12.3 Å². The van der Waals surface area contributed by atoms with Gasteiger partial charge in [-0.25, -0.2) is 13.4 Å². The van der Waals surface area contributed by atoms with Crippen molar-refractivity contribution in [2.24, 2.45) is 0 Å². The Morgan fingerprint density at radius 1 is 1.41 bits per heavy atom. The van der Waals surface area contributed by atoms with Crippen LogP contribution in [0.4, 0.5) is 0 Å². The molecule has 6 heteroatoms. The first-order valence-electron chi connectivity index (χ1n) is 5.47. The fourth-order valence-corrected chi connectivity index (χ4v) is 3.64. The molecule has 0 saturated carbocycles. The van der Waals surface area contributed by atoms with Gasteiger partial charge in [0.05, 0.1) is 19.0 Å². The number of ether oxygens (including phenoxy) is 2. The van der Waals surface area contributed by atoms with E-state index in [1.165, 1.54) is 0 Å². The van der Waals surface area contributed by atoms with E-state index in [9.17, 15) is 8.42 Å². The second kappa shape index (κ2) is 3.43. The van der Waals surface area contributed by atoms with Gasteiger partial charge in [0.2, 0.25) is 5.88 Å². The summed E-state index contributed by atoms with van der Waals surface area (Å²) in [5.74, 6) is 0.311. The van der Waals surface area contributed by atoms with Crippen molar-refractivity contribution in [1.29, 1.82) is 0 Å². The van der Waals surface area contributed by atoms with E-state index in [-0.39, 0.29) is 16.5 Å². The van der Waals surface area contributed by atoms with Crippen molar-refractivity contribution in [2.75, 3.05) is 19.0 Å². The van der Waals surface area contributed by atoms with Gasteiger partial charge in [-0.15, -0.1) is 0 Å². The summed E-state index contributed by atoms with van der Waals surface area (Å²) in [7, 11) is -3.29. The van der Waals surface area contributed by atoms with Crippen molar-refractivity contribution < 1.29 is 17.9 Å². The summed E-state index contributed by atoms with van der Waals surface area (Å²) in [5, 5.41) is 0. The monoisotopic (exact) mass is 255 g/mol. The summed E-state index contributed by atoms with van der Waals surface area (Å²) in [4.78, 5) is 4.30. The van der Waals surface area contributed by atoms with Crippen LogP contribution < -0.4 is 4.74 Å². The molecule has 5 nitrogen and oxygen atoms in total. The van der Waals surface area contributed by atoms with E-state index in [0.29, 0.717) is 19.6 Å². The number of rotatable bonds is 0. The number of aromatic nitrogens is 1. The van der Waals surface area contributed by atoms with Gasteiger partial charge >= 0.3 is 0 Å². The summed E-state index contributed by atoms with van der Waals surface area (Å²) >= 11 is 0. The topological polar surface area (TPSA) is 65.5 Å². The largest absolute Gasteiger partial charge is 0.465 e. The molecule has 0 unspecified atom stereocenters. The molecule has 17 heavy (non-hydrogen) atoms. The average molecular weight is 255 g/mol. The minimum absolute atomic E-state index is 0.0918. The Morgan fingerprint density at radius 3 is 2.82 bits per heavy atom. The Bertz CT molecular complexity index is 563. The van der Waals surface area contributed by atoms with Gasteiger partial charge in [-0.05, 0) is 18.6 Å². The van der Waals surface area contributed by atoms with E-state index in [0.717, 1.165) is 5.56 Å². The van der Waals surface area contributed by atoms with Gasteiger partial charge in [-0.2, -0.15) is 0 Å². The maximum Gasteiger partial charge on any atom is 0.233 e. The number of hydrogen-bond acceptors (Lipinski definition) is 5. The van der Waals surface area contributed by atoms with Crippen LogP contribution in [0, 0.1) is 6.92 Å². The van der Waals surface area contributed by atoms with Crippen LogP contribution in [0.1, 0.15) is 12.0 Å². The number of nitrogens with zero attached hydrogens (tertiary/aromatic N) is 1. The Balaban J connectivity index is 2.13. The molecule has 3 rings (SSSR count). The molecular weight excluding hydrogens is 242 g/mol. The number of pyridine rings is 1. The number of aryl methyl sites for hydroxylation is 1. The zero-order valence-electron chi connectivity index (χ0n) is 9.47. The lowest BCUT2D eigenvalue weighted by Crippen LogP contribution is -2.54. The Morgan fingerprint density at radius 2 is 2.18 bits per heavy atom. The van der Waals surface area contributed by atoms with Gasteiger partial charge in [-0.1, -0.05) is 0 Å². The average Bonchev–Trinajstić information content (AvgIpc) is 2.34. The molecule has 92 valence electrons. The summed E-state index contributed by atoms with van der Waals surface area (Å²) in [5.41, 5.74) is 0.331. The second-order valence-electron chi connectivity index (χ2n) is 4.66. The van der Waals surface area contributed by atoms with E-state index in [2.05, 4.69) is 4.98 Å². The van der Waals surface area contributed by atoms with Gasteiger partial charge in [0.1, 0.15) is 4.90 Å². The number of sulfone groups is 1. The zero-order chi connectivity index (χ0) is 12.1. The Labute approximate surface area is 99.7 Å². The maximum absolute atomic E-state index is 12.1. The third-order valence-electron chi connectivity index (χ3n) is 3.16. The van der Waals surface area contributed by atoms with Gasteiger partial charge in [0.15, 0.2) is 15.4 Å². The highest BCUT2D eigenvalue weighted by molar-refractivity contribution is 7.91. The van der Waals surface area contributed by atoms with Crippen LogP contribution in [0.3, 0.4) is 0 Å². The van der Waals surface area contributed by atoms with Crippen LogP contribution in [-0.2, 0) is 14.6 Å². The highest BCUT2D eigenvalue weighted by Gasteiger charge is 2.45. The van der Waals surface area contributed by atoms with Crippen molar-refractivity contribution in [1.82, 2.24) is 4.98 Å². The third kappa shape index (κ3) is 1.71. The lowest BCUT2D eigenvalue weighted by molar-refractivity contribution is -0.163. The first-order chi connectivity index (χ1) is 8.01. The number of fused-ring (bicyclic) bond motifs is 1. The maximum atomic E-state index is 12.1. The first-order valence-corrected chi connectivity index (χ1v) is 7.12. The summed E-state index contributed by atoms with van der Waals surface area (Å²) < 4.78 is 35.1. The number of hydrogen-bond donors (Lipinski definition) is 0. The Kier molecular flexibility index (Phi) is 2.21. The summed E-state index contributed by atoms with van der Waals surface area (Å²) in [6.45, 7) is 2.70. The molecule has 0 amide bonds. The van der Waals surface area contributed by atoms with Crippen LogP contribution in [0.15, 0.2) is 17.2 Å². The molecule has 1 saturated heterocycles. The summed E-state index contributed by atoms with van der Waals surface area (Å²) in [6, 6.07) is 1.62. The molecule has 2 aliphatic rings. The molecule has 1 aromatic heterocycles. The molecular formula is C11H13NO4S. The van der Waals surface area contributed by atoms with Crippen LogP contribution >= 0.6 is 0 Å². The predicted octanol–water partition coefficient (Wildman–Crippen LogP) is 0.715. The molecule has 1 aromatic rings. The summed E-state index contributed by atoms with van der Waals surface area (Å²) in [6.07, 6.45) is 2.08. The van der Waals surface area contributed by atoms with Crippen molar-refractivity contribution in [3.63, 3.8) is 0 Å².